The van der Waals surface area contributed by atoms with Crippen molar-refractivity contribution in [2.24, 2.45) is 5.73 Å². The molecule has 1 saturated carbocycles. The van der Waals surface area contributed by atoms with Crippen molar-refractivity contribution in [1.29, 1.82) is 0 Å². The zero-order valence-corrected chi connectivity index (χ0v) is 12.2. The van der Waals surface area contributed by atoms with Gasteiger partial charge < -0.3 is 15.8 Å². The number of hydrogen-bond donors (Lipinski definition) is 2. The highest BCUT2D eigenvalue weighted by Gasteiger charge is 2.18. The van der Waals surface area contributed by atoms with E-state index in [1.807, 2.05) is 0 Å². The highest BCUT2D eigenvalue weighted by atomic mass is 35.5. The van der Waals surface area contributed by atoms with Crippen LogP contribution in [0.2, 0.25) is 5.02 Å². The van der Waals surface area contributed by atoms with Crippen LogP contribution in [0.5, 0.6) is 0 Å². The lowest BCUT2D eigenvalue weighted by Gasteiger charge is -2.26. The van der Waals surface area contributed by atoms with Crippen LogP contribution in [0.15, 0.2) is 12.3 Å². The molecule has 3 N–H and O–H groups in total. The average molecular weight is 302 g/mol. The molecule has 0 spiro atoms. The number of nitrogens with zero attached hydrogens (tertiary/aromatic N) is 1. The van der Waals surface area contributed by atoms with Crippen LogP contribution in [-0.4, -0.2) is 30.3 Å². The molecule has 0 aliphatic heterocycles. The summed E-state index contributed by atoms with van der Waals surface area (Å²) in [7, 11) is 0. The molecule has 1 aromatic heterocycles. The maximum atomic E-state index is 13.4. The van der Waals surface area contributed by atoms with E-state index in [-0.39, 0.29) is 5.82 Å². The largest absolute Gasteiger partial charge is 0.378 e. The fourth-order valence-corrected chi connectivity index (χ4v) is 2.47. The van der Waals surface area contributed by atoms with Crippen LogP contribution in [0.3, 0.4) is 0 Å². The van der Waals surface area contributed by atoms with E-state index in [4.69, 9.17) is 22.1 Å². The molecule has 6 heteroatoms. The Morgan fingerprint density at radius 1 is 1.40 bits per heavy atom. The van der Waals surface area contributed by atoms with Crippen molar-refractivity contribution in [2.45, 2.75) is 44.2 Å². The van der Waals surface area contributed by atoms with Crippen molar-refractivity contribution in [3.8, 4) is 0 Å². The quantitative estimate of drug-likeness (QED) is 0.793. The molecular formula is C14H21ClFN3O. The molecule has 1 fully saturated rings. The second kappa shape index (κ2) is 7.76. The number of aromatic nitrogens is 1. The molecule has 0 amide bonds. The average Bonchev–Trinajstić information content (AvgIpc) is 2.42. The van der Waals surface area contributed by atoms with Crippen molar-refractivity contribution in [3.63, 3.8) is 0 Å². The van der Waals surface area contributed by atoms with Gasteiger partial charge in [-0.2, -0.15) is 0 Å². The Morgan fingerprint density at radius 2 is 2.15 bits per heavy atom. The highest BCUT2D eigenvalue weighted by Crippen LogP contribution is 2.20. The van der Waals surface area contributed by atoms with Crippen molar-refractivity contribution < 1.29 is 9.13 Å². The van der Waals surface area contributed by atoms with Gasteiger partial charge in [-0.3, -0.25) is 0 Å². The molecule has 0 radical (unpaired) electrons. The molecular weight excluding hydrogens is 281 g/mol. The molecule has 0 atom stereocenters. The van der Waals surface area contributed by atoms with E-state index in [0.717, 1.165) is 32.1 Å². The molecule has 112 valence electrons. The Balaban J connectivity index is 1.59. The fraction of sp³-hybridized carbons (Fsp3) is 0.643. The molecule has 1 aliphatic carbocycles. The highest BCUT2D eigenvalue weighted by molar-refractivity contribution is 6.30. The lowest BCUT2D eigenvalue weighted by atomic mass is 9.94. The number of nitrogens with two attached hydrogens (primary N) is 1. The third-order valence-corrected chi connectivity index (χ3v) is 3.70. The standard InChI is InChI=1S/C14H21ClFN3O/c15-10-8-13(16)14(19-9-10)18-6-1-7-20-12-4-2-11(17)3-5-12/h8-9,11-12H,1-7,17H2,(H,18,19). The first-order chi connectivity index (χ1) is 9.65. The van der Waals surface area contributed by atoms with Crippen molar-refractivity contribution in [1.82, 2.24) is 4.98 Å². The van der Waals surface area contributed by atoms with Gasteiger partial charge in [0.1, 0.15) is 0 Å². The Kier molecular flexibility index (Phi) is 6.01. The summed E-state index contributed by atoms with van der Waals surface area (Å²) in [5.41, 5.74) is 5.85. The summed E-state index contributed by atoms with van der Waals surface area (Å²) in [5.74, 6) is -0.197. The summed E-state index contributed by atoms with van der Waals surface area (Å²) in [4.78, 5) is 3.90. The van der Waals surface area contributed by atoms with Gasteiger partial charge in [0, 0.05) is 25.4 Å². The van der Waals surface area contributed by atoms with Crippen LogP contribution in [0.25, 0.3) is 0 Å². The van der Waals surface area contributed by atoms with E-state index in [1.54, 1.807) is 0 Å². The van der Waals surface area contributed by atoms with Crippen LogP contribution in [0, 0.1) is 5.82 Å². The van der Waals surface area contributed by atoms with Gasteiger partial charge in [-0.1, -0.05) is 11.6 Å². The van der Waals surface area contributed by atoms with Crippen LogP contribution in [0.1, 0.15) is 32.1 Å². The van der Waals surface area contributed by atoms with E-state index in [9.17, 15) is 4.39 Å². The molecule has 0 unspecified atom stereocenters. The first kappa shape index (κ1) is 15.5. The minimum Gasteiger partial charge on any atom is -0.378 e. The fourth-order valence-electron chi connectivity index (χ4n) is 2.33. The van der Waals surface area contributed by atoms with Crippen molar-refractivity contribution in [2.75, 3.05) is 18.5 Å². The summed E-state index contributed by atoms with van der Waals surface area (Å²) in [6.07, 6.45) is 6.75. The van der Waals surface area contributed by atoms with Gasteiger partial charge in [0.2, 0.25) is 0 Å². The lowest BCUT2D eigenvalue weighted by Crippen LogP contribution is -2.30. The second-order valence-electron chi connectivity index (χ2n) is 5.17. The first-order valence-corrected chi connectivity index (χ1v) is 7.45. The molecule has 1 heterocycles. The third-order valence-electron chi connectivity index (χ3n) is 3.49. The maximum Gasteiger partial charge on any atom is 0.166 e. The first-order valence-electron chi connectivity index (χ1n) is 7.07. The lowest BCUT2D eigenvalue weighted by molar-refractivity contribution is 0.0251. The van der Waals surface area contributed by atoms with Gasteiger partial charge >= 0.3 is 0 Å². The van der Waals surface area contributed by atoms with Crippen molar-refractivity contribution >= 4 is 17.4 Å². The molecule has 20 heavy (non-hydrogen) atoms. The van der Waals surface area contributed by atoms with E-state index in [0.29, 0.717) is 30.3 Å². The predicted octanol–water partition coefficient (Wildman–Crippen LogP) is 2.96. The minimum atomic E-state index is -0.431. The molecule has 4 nitrogen and oxygen atoms in total. The van der Waals surface area contributed by atoms with E-state index < -0.39 is 5.82 Å². The molecule has 0 aromatic carbocycles. The van der Waals surface area contributed by atoms with E-state index in [2.05, 4.69) is 10.3 Å². The number of rotatable bonds is 6. The van der Waals surface area contributed by atoms with Crippen LogP contribution in [-0.2, 0) is 4.74 Å². The van der Waals surface area contributed by atoms with Gasteiger partial charge in [-0.15, -0.1) is 0 Å². The summed E-state index contributed by atoms with van der Waals surface area (Å²) in [6.45, 7) is 1.29. The van der Waals surface area contributed by atoms with Crippen LogP contribution >= 0.6 is 11.6 Å². The van der Waals surface area contributed by atoms with Gasteiger partial charge in [0.25, 0.3) is 0 Å². The minimum absolute atomic E-state index is 0.234. The Bertz CT molecular complexity index is 425. The zero-order chi connectivity index (χ0) is 14.4. The SMILES string of the molecule is NC1CCC(OCCCNc2ncc(Cl)cc2F)CC1. The number of pyridine rings is 1. The predicted molar refractivity (Wildman–Crippen MR) is 78.5 cm³/mol. The van der Waals surface area contributed by atoms with Crippen molar-refractivity contribution in [3.05, 3.63) is 23.1 Å². The number of hydrogen-bond acceptors (Lipinski definition) is 4. The normalized spacial score (nSPS) is 22.8. The molecule has 1 aromatic rings. The topological polar surface area (TPSA) is 60.2 Å². The summed E-state index contributed by atoms with van der Waals surface area (Å²) >= 11 is 5.64. The number of halogens is 2. The van der Waals surface area contributed by atoms with Gasteiger partial charge in [-0.25, -0.2) is 9.37 Å². The van der Waals surface area contributed by atoms with E-state index >= 15 is 0 Å². The Morgan fingerprint density at radius 3 is 2.85 bits per heavy atom. The molecule has 0 saturated heterocycles. The Labute approximate surface area is 123 Å². The number of ether oxygens (including phenoxy) is 1. The molecule has 2 rings (SSSR count). The number of nitrogens with one attached hydrogen (secondary N) is 1. The smallest absolute Gasteiger partial charge is 0.166 e. The van der Waals surface area contributed by atoms with Gasteiger partial charge in [0.15, 0.2) is 11.6 Å². The third kappa shape index (κ3) is 4.89. The van der Waals surface area contributed by atoms with Crippen LogP contribution in [0.4, 0.5) is 10.2 Å². The summed E-state index contributed by atoms with van der Waals surface area (Å²) in [6, 6.07) is 1.59. The van der Waals surface area contributed by atoms with Gasteiger partial charge in [-0.05, 0) is 38.2 Å². The van der Waals surface area contributed by atoms with E-state index in [1.165, 1.54) is 12.3 Å². The second-order valence-corrected chi connectivity index (χ2v) is 5.61. The van der Waals surface area contributed by atoms with Gasteiger partial charge in [0.05, 0.1) is 11.1 Å². The summed E-state index contributed by atoms with van der Waals surface area (Å²) < 4.78 is 19.2. The monoisotopic (exact) mass is 301 g/mol. The summed E-state index contributed by atoms with van der Waals surface area (Å²) in [5, 5.41) is 3.24. The molecule has 1 aliphatic rings. The van der Waals surface area contributed by atoms with Crippen LogP contribution < -0.4 is 11.1 Å². The maximum absolute atomic E-state index is 13.4. The molecule has 0 bridgehead atoms. The number of anilines is 1. The zero-order valence-electron chi connectivity index (χ0n) is 11.4. The Hall–Kier alpha value is -0.910.